The van der Waals surface area contributed by atoms with Gasteiger partial charge in [-0.05, 0) is 66.6 Å². The largest absolute Gasteiger partial charge is 0.507 e. The second-order valence-corrected chi connectivity index (χ2v) is 10.2. The van der Waals surface area contributed by atoms with Crippen LogP contribution in [-0.2, 0) is 23.1 Å². The number of methoxy groups -OCH3 is 1. The third-order valence-electron chi connectivity index (χ3n) is 6.95. The van der Waals surface area contributed by atoms with Gasteiger partial charge in [-0.15, -0.1) is 11.3 Å². The van der Waals surface area contributed by atoms with Crippen molar-refractivity contribution >= 4 is 39.7 Å². The molecule has 1 N–H and O–H groups in total. The maximum atomic E-state index is 13.4. The summed E-state index contributed by atoms with van der Waals surface area (Å²) in [5.74, 6) is -0.688. The summed E-state index contributed by atoms with van der Waals surface area (Å²) in [4.78, 5) is 29.1. The Hall–Kier alpha value is -3.84. The van der Waals surface area contributed by atoms with E-state index in [1.165, 1.54) is 11.3 Å². The Labute approximate surface area is 214 Å². The second kappa shape index (κ2) is 9.32. The summed E-state index contributed by atoms with van der Waals surface area (Å²) < 4.78 is 7.47. The Morgan fingerprint density at radius 3 is 2.58 bits per heavy atom. The fourth-order valence-electron chi connectivity index (χ4n) is 5.13. The first-order valence-corrected chi connectivity index (χ1v) is 12.7. The van der Waals surface area contributed by atoms with Gasteiger partial charge in [0.05, 0.1) is 18.7 Å². The van der Waals surface area contributed by atoms with E-state index in [2.05, 4.69) is 22.9 Å². The number of thiophene rings is 1. The van der Waals surface area contributed by atoms with Crippen molar-refractivity contribution in [2.24, 2.45) is 7.05 Å². The molecule has 1 fully saturated rings. The molecule has 36 heavy (non-hydrogen) atoms. The fraction of sp³-hybridized carbons (Fsp3) is 0.241. The number of aliphatic hydroxyl groups is 1. The number of hydrogen-bond donors (Lipinski definition) is 1. The quantitative estimate of drug-likeness (QED) is 0.215. The number of benzene rings is 2. The Morgan fingerprint density at radius 2 is 1.86 bits per heavy atom. The number of aryl methyl sites for hydroxylation is 3. The van der Waals surface area contributed by atoms with Gasteiger partial charge in [0, 0.05) is 41.1 Å². The summed E-state index contributed by atoms with van der Waals surface area (Å²) in [6.45, 7) is 4.10. The van der Waals surface area contributed by atoms with Crippen molar-refractivity contribution in [3.8, 4) is 5.75 Å². The highest BCUT2D eigenvalue weighted by molar-refractivity contribution is 7.10. The predicted molar refractivity (Wildman–Crippen MR) is 142 cm³/mol. The van der Waals surface area contributed by atoms with E-state index in [0.29, 0.717) is 24.3 Å². The third kappa shape index (κ3) is 3.89. The van der Waals surface area contributed by atoms with E-state index in [1.807, 2.05) is 56.6 Å². The van der Waals surface area contributed by atoms with E-state index in [0.717, 1.165) is 32.5 Å². The van der Waals surface area contributed by atoms with Crippen molar-refractivity contribution in [1.29, 1.82) is 0 Å². The van der Waals surface area contributed by atoms with Crippen molar-refractivity contribution < 1.29 is 19.4 Å². The molecule has 1 saturated heterocycles. The van der Waals surface area contributed by atoms with Crippen molar-refractivity contribution in [3.05, 3.63) is 92.8 Å². The standard InChI is InChI=1S/C29H28N2O4S/c1-17-15-23(35-4)18(2)14-21(17)27(32)25-26(24-10-7-13-36-24)31(29(34)28(25)33)12-11-19-16-30(3)22-9-6-5-8-20(19)22/h5-10,13-16,26,32H,11-12H2,1-4H3/b27-25-. The zero-order valence-corrected chi connectivity index (χ0v) is 21.6. The Balaban J connectivity index is 1.57. The number of Topliss-reactive ketones (excluding diaryl/α,β-unsaturated/α-hetero) is 1. The fourth-order valence-corrected chi connectivity index (χ4v) is 5.97. The highest BCUT2D eigenvalue weighted by Gasteiger charge is 2.46. The Bertz CT molecular complexity index is 1510. The van der Waals surface area contributed by atoms with Crippen LogP contribution in [0.5, 0.6) is 5.75 Å². The molecule has 1 aliphatic heterocycles. The van der Waals surface area contributed by atoms with Gasteiger partial charge in [0.2, 0.25) is 0 Å². The van der Waals surface area contributed by atoms with Gasteiger partial charge >= 0.3 is 0 Å². The highest BCUT2D eigenvalue weighted by Crippen LogP contribution is 2.42. The van der Waals surface area contributed by atoms with Crippen LogP contribution in [0.4, 0.5) is 0 Å². The van der Waals surface area contributed by atoms with E-state index >= 15 is 0 Å². The number of aromatic nitrogens is 1. The molecule has 0 bridgehead atoms. The zero-order chi connectivity index (χ0) is 25.6. The lowest BCUT2D eigenvalue weighted by atomic mass is 9.96. The number of carbonyl (C=O) groups excluding carboxylic acids is 2. The smallest absolute Gasteiger partial charge is 0.295 e. The van der Waals surface area contributed by atoms with Crippen molar-refractivity contribution in [1.82, 2.24) is 9.47 Å². The minimum absolute atomic E-state index is 0.132. The second-order valence-electron chi connectivity index (χ2n) is 9.18. The lowest BCUT2D eigenvalue weighted by Crippen LogP contribution is -2.31. The number of ketones is 1. The molecule has 4 aromatic rings. The third-order valence-corrected chi connectivity index (χ3v) is 7.88. The molecule has 1 amide bonds. The minimum Gasteiger partial charge on any atom is -0.507 e. The normalized spacial score (nSPS) is 17.3. The number of nitrogens with zero attached hydrogens (tertiary/aromatic N) is 2. The summed E-state index contributed by atoms with van der Waals surface area (Å²) in [7, 11) is 3.60. The number of likely N-dealkylation sites (tertiary alicyclic amines) is 1. The number of ether oxygens (including phenoxy) is 1. The SMILES string of the molecule is COc1cc(C)c(/C(O)=C2/C(=O)C(=O)N(CCc3cn(C)c4ccccc34)C2c2cccs2)cc1C. The molecule has 7 heteroatoms. The van der Waals surface area contributed by atoms with Crippen molar-refractivity contribution in [2.45, 2.75) is 26.3 Å². The predicted octanol–water partition coefficient (Wildman–Crippen LogP) is 5.53. The summed E-state index contributed by atoms with van der Waals surface area (Å²) in [6.07, 6.45) is 2.67. The van der Waals surface area contributed by atoms with Crippen LogP contribution in [0.2, 0.25) is 0 Å². The topological polar surface area (TPSA) is 71.8 Å². The molecule has 0 spiro atoms. The number of para-hydroxylation sites is 1. The van der Waals surface area contributed by atoms with Gasteiger partial charge in [0.25, 0.3) is 11.7 Å². The van der Waals surface area contributed by atoms with E-state index < -0.39 is 17.7 Å². The molecule has 1 atom stereocenters. The Morgan fingerprint density at radius 1 is 1.08 bits per heavy atom. The molecule has 2 aromatic carbocycles. The van der Waals surface area contributed by atoms with Gasteiger partial charge in [-0.3, -0.25) is 9.59 Å². The van der Waals surface area contributed by atoms with Crippen LogP contribution < -0.4 is 4.74 Å². The monoisotopic (exact) mass is 500 g/mol. The average Bonchev–Trinajstić information content (AvgIpc) is 3.57. The van der Waals surface area contributed by atoms with E-state index in [9.17, 15) is 14.7 Å². The van der Waals surface area contributed by atoms with Gasteiger partial charge in [-0.1, -0.05) is 24.3 Å². The molecule has 5 rings (SSSR count). The van der Waals surface area contributed by atoms with E-state index in [4.69, 9.17) is 4.74 Å². The molecule has 2 aromatic heterocycles. The molecule has 1 aliphatic rings. The molecular formula is C29H28N2O4S. The Kier molecular flexibility index (Phi) is 6.18. The first-order chi connectivity index (χ1) is 17.3. The average molecular weight is 501 g/mol. The van der Waals surface area contributed by atoms with Gasteiger partial charge in [0.1, 0.15) is 11.5 Å². The summed E-state index contributed by atoms with van der Waals surface area (Å²) in [5.41, 5.74) is 4.50. The first kappa shape index (κ1) is 23.9. The van der Waals surface area contributed by atoms with Crippen LogP contribution in [0.25, 0.3) is 16.7 Å². The van der Waals surface area contributed by atoms with Crippen LogP contribution in [-0.4, -0.2) is 39.9 Å². The number of hydrogen-bond acceptors (Lipinski definition) is 5. The number of rotatable bonds is 6. The molecule has 0 radical (unpaired) electrons. The number of carbonyl (C=O) groups is 2. The van der Waals surface area contributed by atoms with Crippen LogP contribution in [0.1, 0.15) is 33.2 Å². The van der Waals surface area contributed by atoms with Crippen LogP contribution >= 0.6 is 11.3 Å². The number of fused-ring (bicyclic) bond motifs is 1. The first-order valence-electron chi connectivity index (χ1n) is 11.8. The maximum absolute atomic E-state index is 13.4. The molecule has 184 valence electrons. The van der Waals surface area contributed by atoms with Crippen LogP contribution in [0, 0.1) is 13.8 Å². The van der Waals surface area contributed by atoms with E-state index in [-0.39, 0.29) is 11.3 Å². The van der Waals surface area contributed by atoms with E-state index in [1.54, 1.807) is 18.1 Å². The zero-order valence-electron chi connectivity index (χ0n) is 20.7. The molecule has 3 heterocycles. The van der Waals surface area contributed by atoms with Gasteiger partial charge in [0.15, 0.2) is 0 Å². The van der Waals surface area contributed by atoms with Crippen molar-refractivity contribution in [3.63, 3.8) is 0 Å². The lowest BCUT2D eigenvalue weighted by Gasteiger charge is -2.24. The lowest BCUT2D eigenvalue weighted by molar-refractivity contribution is -0.139. The van der Waals surface area contributed by atoms with Gasteiger partial charge < -0.3 is 19.3 Å². The molecule has 0 saturated carbocycles. The number of amides is 1. The van der Waals surface area contributed by atoms with Gasteiger partial charge in [-0.2, -0.15) is 0 Å². The van der Waals surface area contributed by atoms with Crippen molar-refractivity contribution in [2.75, 3.05) is 13.7 Å². The molecular weight excluding hydrogens is 472 g/mol. The summed E-state index contributed by atoms with van der Waals surface area (Å²) in [5, 5.41) is 14.5. The molecule has 1 unspecified atom stereocenters. The van der Waals surface area contributed by atoms with Gasteiger partial charge in [-0.25, -0.2) is 0 Å². The highest BCUT2D eigenvalue weighted by atomic mass is 32.1. The number of aliphatic hydroxyl groups excluding tert-OH is 1. The summed E-state index contributed by atoms with van der Waals surface area (Å²) >= 11 is 1.47. The molecule has 0 aliphatic carbocycles. The molecule has 6 nitrogen and oxygen atoms in total. The maximum Gasteiger partial charge on any atom is 0.295 e. The van der Waals surface area contributed by atoms with Crippen LogP contribution in [0.3, 0.4) is 0 Å². The van der Waals surface area contributed by atoms with Crippen LogP contribution in [0.15, 0.2) is 65.7 Å². The summed E-state index contributed by atoms with van der Waals surface area (Å²) in [6, 6.07) is 15.0. The minimum atomic E-state index is -0.656.